The second kappa shape index (κ2) is 7.46. The number of amides is 1. The summed E-state index contributed by atoms with van der Waals surface area (Å²) in [4.78, 5) is 13.4. The molecule has 0 radical (unpaired) electrons. The number of nitrogens with zero attached hydrogens (tertiary/aromatic N) is 1. The zero-order valence-corrected chi connectivity index (χ0v) is 13.1. The molecule has 1 aliphatic rings. The van der Waals surface area contributed by atoms with Gasteiger partial charge in [0.15, 0.2) is 0 Å². The van der Waals surface area contributed by atoms with E-state index in [9.17, 15) is 4.79 Å². The third-order valence-corrected chi connectivity index (χ3v) is 4.42. The van der Waals surface area contributed by atoms with Gasteiger partial charge in [-0.2, -0.15) is 0 Å². The van der Waals surface area contributed by atoms with E-state index in [4.69, 9.17) is 5.73 Å². The van der Waals surface area contributed by atoms with Crippen molar-refractivity contribution in [1.82, 2.24) is 4.90 Å². The summed E-state index contributed by atoms with van der Waals surface area (Å²) in [5.41, 5.74) is 7.29. The van der Waals surface area contributed by atoms with Gasteiger partial charge in [0.2, 0.25) is 5.91 Å². The van der Waals surface area contributed by atoms with Crippen LogP contribution in [0.5, 0.6) is 0 Å². The number of nitrogens with two attached hydrogens (primary N) is 1. The molecular formula is C17H27N3O. The molecule has 3 N–H and O–H groups in total. The molecule has 2 rings (SSSR count). The molecule has 1 amide bonds. The maximum atomic E-state index is 10.9. The van der Waals surface area contributed by atoms with E-state index in [-0.39, 0.29) is 5.91 Å². The number of benzene rings is 1. The van der Waals surface area contributed by atoms with E-state index in [0.29, 0.717) is 18.4 Å². The minimum absolute atomic E-state index is 0.286. The van der Waals surface area contributed by atoms with Gasteiger partial charge in [0.05, 0.1) is 6.42 Å². The van der Waals surface area contributed by atoms with Crippen molar-refractivity contribution in [3.8, 4) is 0 Å². The van der Waals surface area contributed by atoms with Crippen LogP contribution in [0.2, 0.25) is 0 Å². The fraction of sp³-hybridized carbons (Fsp3) is 0.588. The Morgan fingerprint density at radius 2 is 2.14 bits per heavy atom. The van der Waals surface area contributed by atoms with Crippen molar-refractivity contribution in [3.05, 3.63) is 29.8 Å². The lowest BCUT2D eigenvalue weighted by Crippen LogP contribution is -2.41. The summed E-state index contributed by atoms with van der Waals surface area (Å²) < 4.78 is 0. The van der Waals surface area contributed by atoms with Crippen molar-refractivity contribution < 1.29 is 4.79 Å². The Morgan fingerprint density at radius 3 is 2.76 bits per heavy atom. The van der Waals surface area contributed by atoms with E-state index < -0.39 is 0 Å². The van der Waals surface area contributed by atoms with Gasteiger partial charge in [-0.05, 0) is 56.5 Å². The number of hydrogen-bond acceptors (Lipinski definition) is 3. The van der Waals surface area contributed by atoms with Gasteiger partial charge in [-0.25, -0.2) is 0 Å². The highest BCUT2D eigenvalue weighted by atomic mass is 16.1. The molecule has 2 atom stereocenters. The molecule has 1 fully saturated rings. The van der Waals surface area contributed by atoms with Gasteiger partial charge in [0, 0.05) is 18.3 Å². The molecule has 1 aliphatic heterocycles. The van der Waals surface area contributed by atoms with Crippen molar-refractivity contribution in [2.24, 2.45) is 11.7 Å². The summed E-state index contributed by atoms with van der Waals surface area (Å²) in [5, 5.41) is 3.59. The fourth-order valence-electron chi connectivity index (χ4n) is 3.09. The number of nitrogens with one attached hydrogen (secondary N) is 1. The van der Waals surface area contributed by atoms with Crippen LogP contribution in [0.25, 0.3) is 0 Å². The second-order valence-electron chi connectivity index (χ2n) is 6.07. The van der Waals surface area contributed by atoms with Gasteiger partial charge in [-0.1, -0.05) is 19.1 Å². The minimum atomic E-state index is -0.286. The van der Waals surface area contributed by atoms with E-state index in [0.717, 1.165) is 17.8 Å². The first-order chi connectivity index (χ1) is 10.1. The van der Waals surface area contributed by atoms with E-state index in [1.54, 1.807) is 0 Å². The molecule has 0 aliphatic carbocycles. The molecule has 0 aromatic heterocycles. The monoisotopic (exact) mass is 289 g/mol. The Morgan fingerprint density at radius 1 is 1.43 bits per heavy atom. The Balaban J connectivity index is 1.89. The van der Waals surface area contributed by atoms with Crippen molar-refractivity contribution in [2.45, 2.75) is 39.2 Å². The van der Waals surface area contributed by atoms with Crippen LogP contribution >= 0.6 is 0 Å². The number of primary amides is 1. The van der Waals surface area contributed by atoms with Crippen molar-refractivity contribution >= 4 is 11.6 Å². The standard InChI is InChI=1S/C17H27N3O/c1-3-20-10-4-5-15(12-20)13(2)19-16-8-6-14(7-9-16)11-17(18)21/h6-9,13,15,19H,3-5,10-12H2,1-2H3,(H2,18,21). The lowest BCUT2D eigenvalue weighted by molar-refractivity contribution is -0.117. The van der Waals surface area contributed by atoms with Crippen molar-refractivity contribution in [2.75, 3.05) is 25.0 Å². The average Bonchev–Trinajstić information content (AvgIpc) is 2.49. The molecule has 0 bridgehead atoms. The van der Waals surface area contributed by atoms with E-state index in [1.807, 2.05) is 24.3 Å². The number of hydrogen-bond donors (Lipinski definition) is 2. The molecule has 1 heterocycles. The van der Waals surface area contributed by atoms with Crippen LogP contribution in [0, 0.1) is 5.92 Å². The lowest BCUT2D eigenvalue weighted by atomic mass is 9.91. The van der Waals surface area contributed by atoms with Crippen molar-refractivity contribution in [3.63, 3.8) is 0 Å². The maximum absolute atomic E-state index is 10.9. The Kier molecular flexibility index (Phi) is 5.62. The first-order valence-corrected chi connectivity index (χ1v) is 7.94. The molecule has 1 aromatic rings. The van der Waals surface area contributed by atoms with Gasteiger partial charge in [0.25, 0.3) is 0 Å². The largest absolute Gasteiger partial charge is 0.382 e. The number of piperidine rings is 1. The van der Waals surface area contributed by atoms with Gasteiger partial charge < -0.3 is 16.0 Å². The molecule has 116 valence electrons. The van der Waals surface area contributed by atoms with Gasteiger partial charge in [-0.15, -0.1) is 0 Å². The number of carbonyl (C=O) groups excluding carboxylic acids is 1. The lowest BCUT2D eigenvalue weighted by Gasteiger charge is -2.35. The molecule has 1 aromatic carbocycles. The third kappa shape index (κ3) is 4.74. The van der Waals surface area contributed by atoms with Crippen LogP contribution in [0.1, 0.15) is 32.3 Å². The molecule has 2 unspecified atom stereocenters. The zero-order chi connectivity index (χ0) is 15.2. The van der Waals surface area contributed by atoms with Crippen LogP contribution in [-0.4, -0.2) is 36.5 Å². The fourth-order valence-corrected chi connectivity index (χ4v) is 3.09. The highest BCUT2D eigenvalue weighted by Gasteiger charge is 2.23. The highest BCUT2D eigenvalue weighted by molar-refractivity contribution is 5.76. The zero-order valence-electron chi connectivity index (χ0n) is 13.1. The van der Waals surface area contributed by atoms with E-state index in [1.165, 1.54) is 25.9 Å². The maximum Gasteiger partial charge on any atom is 0.221 e. The smallest absolute Gasteiger partial charge is 0.221 e. The Hall–Kier alpha value is -1.55. The van der Waals surface area contributed by atoms with Crippen LogP contribution in [0.15, 0.2) is 24.3 Å². The molecule has 0 saturated carbocycles. The first-order valence-electron chi connectivity index (χ1n) is 7.94. The number of rotatable bonds is 6. The first kappa shape index (κ1) is 15.8. The van der Waals surface area contributed by atoms with Crippen LogP contribution in [0.4, 0.5) is 5.69 Å². The van der Waals surface area contributed by atoms with Crippen LogP contribution < -0.4 is 11.1 Å². The second-order valence-corrected chi connectivity index (χ2v) is 6.07. The quantitative estimate of drug-likeness (QED) is 0.844. The predicted octanol–water partition coefficient (Wildman–Crippen LogP) is 2.25. The molecular weight excluding hydrogens is 262 g/mol. The predicted molar refractivity (Wildman–Crippen MR) is 87.3 cm³/mol. The average molecular weight is 289 g/mol. The van der Waals surface area contributed by atoms with E-state index >= 15 is 0 Å². The topological polar surface area (TPSA) is 58.4 Å². The van der Waals surface area contributed by atoms with E-state index in [2.05, 4.69) is 24.1 Å². The van der Waals surface area contributed by atoms with Crippen molar-refractivity contribution in [1.29, 1.82) is 0 Å². The van der Waals surface area contributed by atoms with Crippen LogP contribution in [0.3, 0.4) is 0 Å². The Labute approximate surface area is 127 Å². The van der Waals surface area contributed by atoms with Gasteiger partial charge in [0.1, 0.15) is 0 Å². The summed E-state index contributed by atoms with van der Waals surface area (Å²) in [7, 11) is 0. The third-order valence-electron chi connectivity index (χ3n) is 4.42. The summed E-state index contributed by atoms with van der Waals surface area (Å²) >= 11 is 0. The summed E-state index contributed by atoms with van der Waals surface area (Å²) in [6.07, 6.45) is 2.90. The molecule has 21 heavy (non-hydrogen) atoms. The minimum Gasteiger partial charge on any atom is -0.382 e. The highest BCUT2D eigenvalue weighted by Crippen LogP contribution is 2.22. The number of likely N-dealkylation sites (tertiary alicyclic amines) is 1. The normalized spacial score (nSPS) is 21.0. The van der Waals surface area contributed by atoms with Gasteiger partial charge in [-0.3, -0.25) is 4.79 Å². The van der Waals surface area contributed by atoms with Crippen LogP contribution in [-0.2, 0) is 11.2 Å². The number of anilines is 1. The molecule has 4 nitrogen and oxygen atoms in total. The van der Waals surface area contributed by atoms with Gasteiger partial charge >= 0.3 is 0 Å². The summed E-state index contributed by atoms with van der Waals surface area (Å²) in [6.45, 7) is 8.07. The molecule has 0 spiro atoms. The Bertz CT molecular complexity index is 458. The molecule has 1 saturated heterocycles. The molecule has 4 heteroatoms. The summed E-state index contributed by atoms with van der Waals surface area (Å²) in [5.74, 6) is 0.412. The SMILES string of the molecule is CCN1CCCC(C(C)Nc2ccc(CC(N)=O)cc2)C1. The number of carbonyl (C=O) groups is 1. The summed E-state index contributed by atoms with van der Waals surface area (Å²) in [6, 6.07) is 8.48.